The van der Waals surface area contributed by atoms with Crippen molar-refractivity contribution in [1.29, 1.82) is 0 Å². The fourth-order valence-electron chi connectivity index (χ4n) is 3.57. The van der Waals surface area contributed by atoms with Crippen molar-refractivity contribution in [2.45, 2.75) is 33.1 Å². The number of aromatic nitrogens is 1. The molecule has 0 radical (unpaired) electrons. The van der Waals surface area contributed by atoms with Gasteiger partial charge in [-0.1, -0.05) is 48.1 Å². The molecule has 0 saturated carbocycles. The van der Waals surface area contributed by atoms with E-state index in [-0.39, 0.29) is 5.91 Å². The molecule has 146 valence electrons. The number of thiazole rings is 1. The molecule has 28 heavy (non-hydrogen) atoms. The number of nitrogens with zero attached hydrogens (tertiary/aromatic N) is 2. The molecule has 0 unspecified atom stereocenters. The summed E-state index contributed by atoms with van der Waals surface area (Å²) in [7, 11) is 0. The highest BCUT2D eigenvalue weighted by Gasteiger charge is 2.19. The summed E-state index contributed by atoms with van der Waals surface area (Å²) in [5, 5.41) is 4.12. The van der Waals surface area contributed by atoms with Crippen LogP contribution in [0, 0.1) is 12.8 Å². The van der Waals surface area contributed by atoms with E-state index in [1.165, 1.54) is 24.0 Å². The Hall–Kier alpha value is -2.40. The smallest absolute Gasteiger partial charge is 0.251 e. The van der Waals surface area contributed by atoms with Gasteiger partial charge < -0.3 is 10.2 Å². The van der Waals surface area contributed by atoms with Gasteiger partial charge in [-0.3, -0.25) is 4.79 Å². The lowest BCUT2D eigenvalue weighted by atomic mass is 10.00. The molecule has 0 atom stereocenters. The van der Waals surface area contributed by atoms with Gasteiger partial charge in [-0.2, -0.15) is 0 Å². The third-order valence-corrected chi connectivity index (χ3v) is 6.59. The quantitative estimate of drug-likeness (QED) is 0.676. The van der Waals surface area contributed by atoms with Gasteiger partial charge in [0.05, 0.1) is 10.2 Å². The maximum absolute atomic E-state index is 12.5. The van der Waals surface area contributed by atoms with Crippen molar-refractivity contribution < 1.29 is 4.79 Å². The highest BCUT2D eigenvalue weighted by atomic mass is 32.1. The topological polar surface area (TPSA) is 45.2 Å². The second-order valence-corrected chi connectivity index (χ2v) is 8.85. The van der Waals surface area contributed by atoms with E-state index in [9.17, 15) is 4.79 Å². The minimum Gasteiger partial charge on any atom is -0.352 e. The molecule has 3 aromatic rings. The first-order valence-corrected chi connectivity index (χ1v) is 10.9. The number of anilines is 1. The number of piperidine rings is 1. The molecule has 1 aliphatic rings. The molecule has 2 aromatic carbocycles. The highest BCUT2D eigenvalue weighted by molar-refractivity contribution is 7.22. The van der Waals surface area contributed by atoms with Gasteiger partial charge in [-0.05, 0) is 55.9 Å². The van der Waals surface area contributed by atoms with Crippen LogP contribution in [0.15, 0.2) is 42.5 Å². The Balaban J connectivity index is 1.39. The SMILES string of the molecule is Cc1ccc(CCNC(=O)c2ccc3nc(N4CCC(C)CC4)sc3c2)cc1. The molecule has 4 rings (SSSR count). The first kappa shape index (κ1) is 18.9. The number of nitrogens with one attached hydrogen (secondary N) is 1. The van der Waals surface area contributed by atoms with E-state index in [4.69, 9.17) is 4.98 Å². The van der Waals surface area contributed by atoms with Crippen LogP contribution in [0.4, 0.5) is 5.13 Å². The lowest BCUT2D eigenvalue weighted by Gasteiger charge is -2.29. The summed E-state index contributed by atoms with van der Waals surface area (Å²) < 4.78 is 1.08. The molecule has 1 fully saturated rings. The zero-order valence-electron chi connectivity index (χ0n) is 16.6. The molecule has 1 saturated heterocycles. The van der Waals surface area contributed by atoms with E-state index in [0.29, 0.717) is 12.1 Å². The monoisotopic (exact) mass is 393 g/mol. The predicted octanol–water partition coefficient (Wildman–Crippen LogP) is 4.81. The number of hydrogen-bond donors (Lipinski definition) is 1. The summed E-state index contributed by atoms with van der Waals surface area (Å²) in [5.41, 5.74) is 4.18. The molecule has 0 aliphatic carbocycles. The number of amides is 1. The first-order valence-electron chi connectivity index (χ1n) is 10.1. The summed E-state index contributed by atoms with van der Waals surface area (Å²) in [6, 6.07) is 14.3. The minimum atomic E-state index is -0.0178. The summed E-state index contributed by atoms with van der Waals surface area (Å²) in [6.45, 7) is 7.19. The van der Waals surface area contributed by atoms with Crippen LogP contribution in [0.1, 0.15) is 41.3 Å². The Labute approximate surface area is 170 Å². The number of carbonyl (C=O) groups excluding carboxylic acids is 1. The van der Waals surface area contributed by atoms with Crippen molar-refractivity contribution in [2.24, 2.45) is 5.92 Å². The second kappa shape index (κ2) is 8.31. The fourth-order valence-corrected chi connectivity index (χ4v) is 4.62. The van der Waals surface area contributed by atoms with Crippen LogP contribution in [0.2, 0.25) is 0 Å². The Morgan fingerprint density at radius 1 is 1.18 bits per heavy atom. The Morgan fingerprint density at radius 3 is 2.68 bits per heavy atom. The zero-order valence-corrected chi connectivity index (χ0v) is 17.4. The van der Waals surface area contributed by atoms with Gasteiger partial charge in [0, 0.05) is 25.2 Å². The molecular weight excluding hydrogens is 366 g/mol. The average molecular weight is 394 g/mol. The molecule has 1 aromatic heterocycles. The van der Waals surface area contributed by atoms with E-state index in [1.54, 1.807) is 11.3 Å². The number of benzene rings is 2. The maximum atomic E-state index is 12.5. The van der Waals surface area contributed by atoms with Crippen molar-refractivity contribution in [3.05, 3.63) is 59.2 Å². The second-order valence-electron chi connectivity index (χ2n) is 7.84. The predicted molar refractivity (Wildman–Crippen MR) is 117 cm³/mol. The third-order valence-electron chi connectivity index (χ3n) is 5.51. The lowest BCUT2D eigenvalue weighted by Crippen LogP contribution is -2.32. The van der Waals surface area contributed by atoms with Gasteiger partial charge in [0.2, 0.25) is 0 Å². The Morgan fingerprint density at radius 2 is 1.93 bits per heavy atom. The van der Waals surface area contributed by atoms with Crippen LogP contribution < -0.4 is 10.2 Å². The van der Waals surface area contributed by atoms with E-state index >= 15 is 0 Å². The minimum absolute atomic E-state index is 0.0178. The Kier molecular flexibility index (Phi) is 5.62. The number of fused-ring (bicyclic) bond motifs is 1. The number of carbonyl (C=O) groups is 1. The maximum Gasteiger partial charge on any atom is 0.251 e. The number of aryl methyl sites for hydroxylation is 1. The molecule has 5 heteroatoms. The van der Waals surface area contributed by atoms with Gasteiger partial charge in [0.25, 0.3) is 5.91 Å². The number of rotatable bonds is 5. The molecule has 0 bridgehead atoms. The molecule has 1 aliphatic heterocycles. The summed E-state index contributed by atoms with van der Waals surface area (Å²) in [5.74, 6) is 0.789. The zero-order chi connectivity index (χ0) is 19.5. The normalized spacial score (nSPS) is 15.1. The van der Waals surface area contributed by atoms with Crippen molar-refractivity contribution in [2.75, 3.05) is 24.5 Å². The van der Waals surface area contributed by atoms with E-state index in [1.807, 2.05) is 18.2 Å². The van der Waals surface area contributed by atoms with Crippen molar-refractivity contribution in [1.82, 2.24) is 10.3 Å². The molecule has 1 N–H and O–H groups in total. The molecule has 4 nitrogen and oxygen atoms in total. The Bertz CT molecular complexity index is 956. The molecular formula is C23H27N3OS. The van der Waals surface area contributed by atoms with Crippen molar-refractivity contribution in [3.8, 4) is 0 Å². The average Bonchev–Trinajstić information content (AvgIpc) is 3.13. The van der Waals surface area contributed by atoms with Crippen LogP contribution in [-0.4, -0.2) is 30.5 Å². The van der Waals surface area contributed by atoms with Gasteiger partial charge >= 0.3 is 0 Å². The highest BCUT2D eigenvalue weighted by Crippen LogP contribution is 2.32. The number of hydrogen-bond acceptors (Lipinski definition) is 4. The van der Waals surface area contributed by atoms with Gasteiger partial charge in [0.1, 0.15) is 0 Å². The van der Waals surface area contributed by atoms with Gasteiger partial charge in [-0.15, -0.1) is 0 Å². The fraction of sp³-hybridized carbons (Fsp3) is 0.391. The lowest BCUT2D eigenvalue weighted by molar-refractivity contribution is 0.0954. The van der Waals surface area contributed by atoms with E-state index in [0.717, 1.165) is 40.8 Å². The van der Waals surface area contributed by atoms with Crippen LogP contribution >= 0.6 is 11.3 Å². The van der Waals surface area contributed by atoms with Gasteiger partial charge in [0.15, 0.2) is 5.13 Å². The summed E-state index contributed by atoms with van der Waals surface area (Å²) >= 11 is 1.69. The van der Waals surface area contributed by atoms with Crippen LogP contribution in [-0.2, 0) is 6.42 Å². The summed E-state index contributed by atoms with van der Waals surface area (Å²) in [6.07, 6.45) is 3.29. The first-order chi connectivity index (χ1) is 13.6. The van der Waals surface area contributed by atoms with Crippen LogP contribution in [0.25, 0.3) is 10.2 Å². The van der Waals surface area contributed by atoms with Crippen molar-refractivity contribution in [3.63, 3.8) is 0 Å². The van der Waals surface area contributed by atoms with Crippen LogP contribution in [0.5, 0.6) is 0 Å². The molecule has 1 amide bonds. The molecule has 0 spiro atoms. The standard InChI is InChI=1S/C23H27N3OS/c1-16-3-5-18(6-4-16)9-12-24-22(27)19-7-8-20-21(15-19)28-23(25-20)26-13-10-17(2)11-14-26/h3-8,15,17H,9-14H2,1-2H3,(H,24,27). The summed E-state index contributed by atoms with van der Waals surface area (Å²) in [4.78, 5) is 19.7. The van der Waals surface area contributed by atoms with Gasteiger partial charge in [-0.25, -0.2) is 4.98 Å². The third kappa shape index (κ3) is 4.36. The van der Waals surface area contributed by atoms with E-state index < -0.39 is 0 Å². The largest absolute Gasteiger partial charge is 0.352 e. The van der Waals surface area contributed by atoms with E-state index in [2.05, 4.69) is 48.3 Å². The van der Waals surface area contributed by atoms with Crippen LogP contribution in [0.3, 0.4) is 0 Å². The van der Waals surface area contributed by atoms with Crippen molar-refractivity contribution >= 4 is 32.6 Å². The molecule has 2 heterocycles.